The number of rotatable bonds is 3. The van der Waals surface area contributed by atoms with E-state index in [1.807, 2.05) is 32.9 Å². The predicted octanol–water partition coefficient (Wildman–Crippen LogP) is 3.68. The number of carbonyl (C=O) groups is 2. The van der Waals surface area contributed by atoms with Gasteiger partial charge in [-0.3, -0.25) is 0 Å². The summed E-state index contributed by atoms with van der Waals surface area (Å²) in [4.78, 5) is 22.4. The van der Waals surface area contributed by atoms with Crippen molar-refractivity contribution >= 4 is 11.9 Å². The molecule has 0 spiro atoms. The normalized spacial score (nSPS) is 10.4. The maximum absolute atomic E-state index is 11.2. The van der Waals surface area contributed by atoms with Crippen LogP contribution in [0, 0.1) is 20.8 Å². The number of benzene rings is 2. The van der Waals surface area contributed by atoms with Crippen molar-refractivity contribution in [3.63, 3.8) is 0 Å². The maximum atomic E-state index is 11.2. The maximum Gasteiger partial charge on any atom is 0.335 e. The van der Waals surface area contributed by atoms with Crippen LogP contribution in [0.25, 0.3) is 11.1 Å². The van der Waals surface area contributed by atoms with E-state index in [0.29, 0.717) is 5.56 Å². The van der Waals surface area contributed by atoms with E-state index in [0.717, 1.165) is 22.3 Å². The van der Waals surface area contributed by atoms with Crippen molar-refractivity contribution < 1.29 is 19.8 Å². The molecule has 4 nitrogen and oxygen atoms in total. The lowest BCUT2D eigenvalue weighted by atomic mass is 9.91. The highest BCUT2D eigenvalue weighted by Gasteiger charge is 2.14. The monoisotopic (exact) mass is 284 g/mol. The third-order valence-corrected chi connectivity index (χ3v) is 3.39. The number of hydrogen-bond acceptors (Lipinski definition) is 2. The van der Waals surface area contributed by atoms with Gasteiger partial charge in [-0.05, 0) is 61.2 Å². The van der Waals surface area contributed by atoms with Gasteiger partial charge in [0.2, 0.25) is 0 Å². The van der Waals surface area contributed by atoms with Crippen LogP contribution in [-0.2, 0) is 0 Å². The van der Waals surface area contributed by atoms with Gasteiger partial charge >= 0.3 is 11.9 Å². The average molecular weight is 284 g/mol. The molecule has 2 aromatic carbocycles. The molecule has 0 aliphatic rings. The first-order valence-electron chi connectivity index (χ1n) is 6.49. The van der Waals surface area contributed by atoms with Crippen LogP contribution in [-0.4, -0.2) is 22.2 Å². The molecule has 4 heteroatoms. The molecule has 0 bridgehead atoms. The van der Waals surface area contributed by atoms with Crippen molar-refractivity contribution in [3.8, 4) is 11.1 Å². The predicted molar refractivity (Wildman–Crippen MR) is 80.0 cm³/mol. The lowest BCUT2D eigenvalue weighted by Gasteiger charge is -2.13. The molecular weight excluding hydrogens is 268 g/mol. The Morgan fingerprint density at radius 1 is 0.762 bits per heavy atom. The molecule has 2 rings (SSSR count). The summed E-state index contributed by atoms with van der Waals surface area (Å²) in [6, 6.07) is 8.19. The Balaban J connectivity index is 2.75. The second-order valence-corrected chi connectivity index (χ2v) is 5.18. The molecule has 0 saturated carbocycles. The van der Waals surface area contributed by atoms with E-state index in [1.165, 1.54) is 18.2 Å². The lowest BCUT2D eigenvalue weighted by Crippen LogP contribution is -2.03. The van der Waals surface area contributed by atoms with Crippen molar-refractivity contribution in [2.75, 3.05) is 0 Å². The second kappa shape index (κ2) is 5.40. The van der Waals surface area contributed by atoms with Crippen LogP contribution in [0.3, 0.4) is 0 Å². The molecular formula is C17H16O4. The van der Waals surface area contributed by atoms with Crippen molar-refractivity contribution in [1.29, 1.82) is 0 Å². The molecule has 0 atom stereocenters. The molecule has 0 saturated heterocycles. The second-order valence-electron chi connectivity index (χ2n) is 5.18. The summed E-state index contributed by atoms with van der Waals surface area (Å²) in [5.41, 5.74) is 4.54. The van der Waals surface area contributed by atoms with Gasteiger partial charge in [-0.1, -0.05) is 17.7 Å². The third-order valence-electron chi connectivity index (χ3n) is 3.39. The summed E-state index contributed by atoms with van der Waals surface area (Å²) < 4.78 is 0. The molecule has 2 aromatic rings. The van der Waals surface area contributed by atoms with Crippen LogP contribution in [0.1, 0.15) is 37.4 Å². The van der Waals surface area contributed by atoms with Gasteiger partial charge in [-0.25, -0.2) is 9.59 Å². The summed E-state index contributed by atoms with van der Waals surface area (Å²) in [5.74, 6) is -2.27. The Hall–Kier alpha value is -2.62. The molecule has 0 aliphatic carbocycles. The number of hydrogen-bond donors (Lipinski definition) is 2. The Kier molecular flexibility index (Phi) is 3.80. The summed E-state index contributed by atoms with van der Waals surface area (Å²) in [5, 5.41) is 18.3. The quantitative estimate of drug-likeness (QED) is 0.901. The van der Waals surface area contributed by atoms with Crippen molar-refractivity contribution in [1.82, 2.24) is 0 Å². The van der Waals surface area contributed by atoms with Gasteiger partial charge in [-0.2, -0.15) is 0 Å². The van der Waals surface area contributed by atoms with Gasteiger partial charge in [0, 0.05) is 0 Å². The SMILES string of the molecule is Cc1cc(C)c(-c2cc(C(=O)O)cc(C(=O)O)c2)c(C)c1. The van der Waals surface area contributed by atoms with Crippen LogP contribution in [0.4, 0.5) is 0 Å². The minimum Gasteiger partial charge on any atom is -0.478 e. The van der Waals surface area contributed by atoms with Gasteiger partial charge < -0.3 is 10.2 Å². The van der Waals surface area contributed by atoms with E-state index in [9.17, 15) is 9.59 Å². The van der Waals surface area contributed by atoms with E-state index >= 15 is 0 Å². The largest absolute Gasteiger partial charge is 0.478 e. The van der Waals surface area contributed by atoms with Gasteiger partial charge in [0.05, 0.1) is 11.1 Å². The first-order chi connectivity index (χ1) is 9.79. The smallest absolute Gasteiger partial charge is 0.335 e. The van der Waals surface area contributed by atoms with E-state index in [1.54, 1.807) is 0 Å². The molecule has 0 radical (unpaired) electrons. The van der Waals surface area contributed by atoms with E-state index in [-0.39, 0.29) is 11.1 Å². The fourth-order valence-electron chi connectivity index (χ4n) is 2.65. The summed E-state index contributed by atoms with van der Waals surface area (Å²) in [6.45, 7) is 5.85. The summed E-state index contributed by atoms with van der Waals surface area (Å²) in [6.07, 6.45) is 0. The molecule has 108 valence electrons. The fraction of sp³-hybridized carbons (Fsp3) is 0.176. The van der Waals surface area contributed by atoms with Crippen molar-refractivity contribution in [2.24, 2.45) is 0 Å². The highest BCUT2D eigenvalue weighted by molar-refractivity contribution is 5.96. The number of carboxylic acids is 2. The average Bonchev–Trinajstić information content (AvgIpc) is 2.36. The van der Waals surface area contributed by atoms with E-state index in [2.05, 4.69) is 0 Å². The molecule has 0 amide bonds. The number of aromatic carboxylic acids is 2. The molecule has 0 aliphatic heterocycles. The summed E-state index contributed by atoms with van der Waals surface area (Å²) in [7, 11) is 0. The Morgan fingerprint density at radius 3 is 1.57 bits per heavy atom. The zero-order chi connectivity index (χ0) is 15.7. The minimum atomic E-state index is -1.14. The zero-order valence-electron chi connectivity index (χ0n) is 12.1. The van der Waals surface area contributed by atoms with E-state index in [4.69, 9.17) is 10.2 Å². The first kappa shape index (κ1) is 14.8. The van der Waals surface area contributed by atoms with Crippen LogP contribution >= 0.6 is 0 Å². The molecule has 21 heavy (non-hydrogen) atoms. The lowest BCUT2D eigenvalue weighted by molar-refractivity contribution is 0.0696. The molecule has 0 heterocycles. The van der Waals surface area contributed by atoms with Crippen LogP contribution in [0.2, 0.25) is 0 Å². The van der Waals surface area contributed by atoms with Crippen LogP contribution in [0.5, 0.6) is 0 Å². The molecule has 2 N–H and O–H groups in total. The Morgan fingerprint density at radius 2 is 1.19 bits per heavy atom. The molecule has 0 unspecified atom stereocenters. The zero-order valence-corrected chi connectivity index (χ0v) is 12.1. The van der Waals surface area contributed by atoms with Gasteiger partial charge in [0.25, 0.3) is 0 Å². The number of carboxylic acid groups (broad SMARTS) is 2. The highest BCUT2D eigenvalue weighted by Crippen LogP contribution is 2.30. The summed E-state index contributed by atoms with van der Waals surface area (Å²) >= 11 is 0. The van der Waals surface area contributed by atoms with Gasteiger partial charge in [-0.15, -0.1) is 0 Å². The minimum absolute atomic E-state index is 0.0238. The standard InChI is InChI=1S/C17H16O4/c1-9-4-10(2)15(11(3)5-9)12-6-13(16(18)19)8-14(7-12)17(20)21/h4-8H,1-3H3,(H,18,19)(H,20,21). The molecule has 0 aromatic heterocycles. The van der Waals surface area contributed by atoms with Crippen LogP contribution < -0.4 is 0 Å². The fourth-order valence-corrected chi connectivity index (χ4v) is 2.65. The highest BCUT2D eigenvalue weighted by atomic mass is 16.4. The first-order valence-corrected chi connectivity index (χ1v) is 6.49. The number of aryl methyl sites for hydroxylation is 3. The van der Waals surface area contributed by atoms with Crippen molar-refractivity contribution in [3.05, 3.63) is 58.1 Å². The topological polar surface area (TPSA) is 74.6 Å². The Bertz CT molecular complexity index is 689. The van der Waals surface area contributed by atoms with Gasteiger partial charge in [0.15, 0.2) is 0 Å². The van der Waals surface area contributed by atoms with E-state index < -0.39 is 11.9 Å². The molecule has 0 fully saturated rings. The van der Waals surface area contributed by atoms with Crippen molar-refractivity contribution in [2.45, 2.75) is 20.8 Å². The van der Waals surface area contributed by atoms with Crippen LogP contribution in [0.15, 0.2) is 30.3 Å². The third kappa shape index (κ3) is 2.94. The Labute approximate surface area is 122 Å². The van der Waals surface area contributed by atoms with Gasteiger partial charge in [0.1, 0.15) is 0 Å².